The van der Waals surface area contributed by atoms with Crippen molar-refractivity contribution in [2.45, 2.75) is 6.42 Å². The molecule has 164 valence electrons. The molecule has 0 fully saturated rings. The number of nitriles is 1. The lowest BCUT2D eigenvalue weighted by molar-refractivity contribution is 0.0958. The number of carbonyl (C=O) groups is 1. The van der Waals surface area contributed by atoms with Crippen molar-refractivity contribution in [3.8, 4) is 6.07 Å². The first-order chi connectivity index (χ1) is 15.2. The third-order valence-corrected chi connectivity index (χ3v) is 5.09. The van der Waals surface area contributed by atoms with Crippen molar-refractivity contribution < 1.29 is 22.4 Å². The maximum atomic E-state index is 15.0. The topological polar surface area (TPSA) is 104 Å². The lowest BCUT2D eigenvalue weighted by Crippen LogP contribution is -2.25. The SMILES string of the molecule is N#CCNC(=O)c1cc(Cc2ccnc(N)c2F)c(F)c(F)c1Nc1ccc(I)cc1F. The van der Waals surface area contributed by atoms with E-state index in [1.54, 1.807) is 6.07 Å². The Balaban J connectivity index is 2.11. The number of anilines is 3. The number of hydrogen-bond donors (Lipinski definition) is 3. The van der Waals surface area contributed by atoms with Crippen LogP contribution in [0, 0.1) is 38.2 Å². The number of carbonyl (C=O) groups excluding carboxylic acids is 1. The zero-order chi connectivity index (χ0) is 23.4. The number of hydrogen-bond acceptors (Lipinski definition) is 5. The number of pyridine rings is 1. The van der Waals surface area contributed by atoms with Crippen LogP contribution in [0.5, 0.6) is 0 Å². The van der Waals surface area contributed by atoms with E-state index in [2.05, 4.69) is 15.6 Å². The van der Waals surface area contributed by atoms with E-state index in [4.69, 9.17) is 11.0 Å². The predicted octanol–water partition coefficient (Wildman–Crippen LogP) is 4.41. The minimum absolute atomic E-state index is 0.0661. The van der Waals surface area contributed by atoms with Crippen molar-refractivity contribution in [3.63, 3.8) is 0 Å². The van der Waals surface area contributed by atoms with Crippen LogP contribution in [0.3, 0.4) is 0 Å². The fourth-order valence-corrected chi connectivity index (χ4v) is 3.35. The summed E-state index contributed by atoms with van der Waals surface area (Å²) in [5.74, 6) is -5.79. The maximum Gasteiger partial charge on any atom is 0.254 e. The average molecular weight is 555 g/mol. The first-order valence-electron chi connectivity index (χ1n) is 8.99. The van der Waals surface area contributed by atoms with Crippen LogP contribution >= 0.6 is 22.6 Å². The molecule has 0 bridgehead atoms. The van der Waals surface area contributed by atoms with Gasteiger partial charge in [-0.2, -0.15) is 5.26 Å². The van der Waals surface area contributed by atoms with Crippen molar-refractivity contribution in [3.05, 3.63) is 80.1 Å². The number of aromatic nitrogens is 1. The van der Waals surface area contributed by atoms with Gasteiger partial charge < -0.3 is 16.4 Å². The van der Waals surface area contributed by atoms with Gasteiger partial charge in [0.2, 0.25) is 0 Å². The number of rotatable bonds is 6. The molecular weight excluding hydrogens is 541 g/mol. The van der Waals surface area contributed by atoms with E-state index in [1.165, 1.54) is 24.4 Å². The number of benzene rings is 2. The second-order valence-electron chi connectivity index (χ2n) is 6.52. The summed E-state index contributed by atoms with van der Waals surface area (Å²) in [6, 6.07) is 7.94. The van der Waals surface area contributed by atoms with Crippen LogP contribution < -0.4 is 16.4 Å². The standard InChI is InChI=1S/C21H14F4IN5O/c22-14-9-12(26)1-2-15(14)31-19-13(21(32)30-6-4-27)8-11(16(23)18(19)25)7-10-3-5-29-20(28)17(10)24/h1-3,5,8-9,31H,6-7H2,(H2,28,29)(H,30,32). The van der Waals surface area contributed by atoms with Crippen LogP contribution in [0.15, 0.2) is 36.5 Å². The highest BCUT2D eigenvalue weighted by Gasteiger charge is 2.24. The molecule has 6 nitrogen and oxygen atoms in total. The van der Waals surface area contributed by atoms with Crippen molar-refractivity contribution in [2.24, 2.45) is 0 Å². The summed E-state index contributed by atoms with van der Waals surface area (Å²) in [6.45, 7) is -0.403. The summed E-state index contributed by atoms with van der Waals surface area (Å²) < 4.78 is 59.0. The van der Waals surface area contributed by atoms with E-state index in [0.29, 0.717) is 3.57 Å². The second-order valence-corrected chi connectivity index (χ2v) is 7.77. The fraction of sp³-hybridized carbons (Fsp3) is 0.0952. The number of nitrogens with two attached hydrogens (primary N) is 1. The van der Waals surface area contributed by atoms with Gasteiger partial charge in [-0.25, -0.2) is 22.5 Å². The van der Waals surface area contributed by atoms with Crippen LogP contribution in [0.1, 0.15) is 21.5 Å². The molecule has 0 spiro atoms. The number of halogens is 5. The molecule has 0 aliphatic heterocycles. The van der Waals surface area contributed by atoms with Gasteiger partial charge >= 0.3 is 0 Å². The van der Waals surface area contributed by atoms with Crippen molar-refractivity contribution in [2.75, 3.05) is 17.6 Å². The second kappa shape index (κ2) is 9.82. The summed E-state index contributed by atoms with van der Waals surface area (Å²) in [6.07, 6.45) is 0.774. The fourth-order valence-electron chi connectivity index (χ4n) is 2.89. The highest BCUT2D eigenvalue weighted by atomic mass is 127. The van der Waals surface area contributed by atoms with Gasteiger partial charge in [0.15, 0.2) is 23.3 Å². The Morgan fingerprint density at radius 3 is 2.53 bits per heavy atom. The van der Waals surface area contributed by atoms with Gasteiger partial charge in [-0.05, 0) is 64.0 Å². The molecule has 32 heavy (non-hydrogen) atoms. The number of nitrogens with zero attached hydrogens (tertiary/aromatic N) is 2. The van der Waals surface area contributed by atoms with Crippen molar-refractivity contribution in [1.82, 2.24) is 10.3 Å². The normalized spacial score (nSPS) is 10.5. The highest BCUT2D eigenvalue weighted by Crippen LogP contribution is 2.32. The largest absolute Gasteiger partial charge is 0.381 e. The van der Waals surface area contributed by atoms with Gasteiger partial charge in [-0.1, -0.05) is 0 Å². The summed E-state index contributed by atoms with van der Waals surface area (Å²) in [7, 11) is 0. The Morgan fingerprint density at radius 2 is 1.84 bits per heavy atom. The van der Waals surface area contributed by atoms with E-state index in [1.807, 2.05) is 22.6 Å². The molecule has 0 aliphatic rings. The van der Waals surface area contributed by atoms with E-state index in [0.717, 1.165) is 12.1 Å². The monoisotopic (exact) mass is 555 g/mol. The van der Waals surface area contributed by atoms with Gasteiger partial charge in [0.05, 0.1) is 23.0 Å². The molecule has 1 amide bonds. The van der Waals surface area contributed by atoms with Gasteiger partial charge in [0.25, 0.3) is 5.91 Å². The van der Waals surface area contributed by atoms with Crippen LogP contribution in [-0.2, 0) is 6.42 Å². The number of amides is 1. The van der Waals surface area contributed by atoms with Gasteiger partial charge in [0, 0.05) is 16.2 Å². The molecule has 3 rings (SSSR count). The predicted molar refractivity (Wildman–Crippen MR) is 118 cm³/mol. The van der Waals surface area contributed by atoms with Crippen LogP contribution in [0.25, 0.3) is 0 Å². The third kappa shape index (κ3) is 4.91. The zero-order valence-electron chi connectivity index (χ0n) is 16.1. The van der Waals surface area contributed by atoms with E-state index in [9.17, 15) is 18.0 Å². The zero-order valence-corrected chi connectivity index (χ0v) is 18.3. The minimum Gasteiger partial charge on any atom is -0.381 e. The van der Waals surface area contributed by atoms with Crippen LogP contribution in [0.2, 0.25) is 0 Å². The van der Waals surface area contributed by atoms with Crippen LogP contribution in [0.4, 0.5) is 34.8 Å². The quantitative estimate of drug-likeness (QED) is 0.238. The Bertz CT molecular complexity index is 1250. The Kier molecular flexibility index (Phi) is 7.14. The molecule has 0 aliphatic carbocycles. The first kappa shape index (κ1) is 23.3. The minimum atomic E-state index is -1.47. The molecule has 1 heterocycles. The first-order valence-corrected chi connectivity index (χ1v) is 10.1. The lowest BCUT2D eigenvalue weighted by Gasteiger charge is -2.17. The van der Waals surface area contributed by atoms with Crippen LogP contribution in [-0.4, -0.2) is 17.4 Å². The maximum absolute atomic E-state index is 15.0. The lowest BCUT2D eigenvalue weighted by atomic mass is 9.99. The molecule has 0 radical (unpaired) electrons. The van der Waals surface area contributed by atoms with Gasteiger partial charge in [-0.15, -0.1) is 0 Å². The van der Waals surface area contributed by atoms with Crippen molar-refractivity contribution >= 4 is 45.7 Å². The molecular formula is C21H14F4IN5O. The summed E-state index contributed by atoms with van der Waals surface area (Å²) in [5, 5.41) is 13.3. The number of nitrogen functional groups attached to an aromatic ring is 1. The average Bonchev–Trinajstić information content (AvgIpc) is 2.76. The van der Waals surface area contributed by atoms with Gasteiger partial charge in [0.1, 0.15) is 12.4 Å². The molecule has 0 saturated carbocycles. The Labute approximate surface area is 193 Å². The van der Waals surface area contributed by atoms with E-state index < -0.39 is 59.2 Å². The Hall–Kier alpha value is -3.40. The molecule has 0 saturated heterocycles. The molecule has 0 atom stereocenters. The van der Waals surface area contributed by atoms with Crippen molar-refractivity contribution in [1.29, 1.82) is 5.26 Å². The molecule has 0 unspecified atom stereocenters. The van der Waals surface area contributed by atoms with E-state index >= 15 is 4.39 Å². The van der Waals surface area contributed by atoms with Gasteiger partial charge in [-0.3, -0.25) is 4.79 Å². The number of nitrogens with one attached hydrogen (secondary N) is 2. The highest BCUT2D eigenvalue weighted by molar-refractivity contribution is 14.1. The molecule has 3 aromatic rings. The Morgan fingerprint density at radius 1 is 1.09 bits per heavy atom. The molecule has 4 N–H and O–H groups in total. The molecule has 11 heteroatoms. The summed E-state index contributed by atoms with van der Waals surface area (Å²) >= 11 is 1.88. The summed E-state index contributed by atoms with van der Waals surface area (Å²) in [4.78, 5) is 16.1. The third-order valence-electron chi connectivity index (χ3n) is 4.42. The smallest absolute Gasteiger partial charge is 0.254 e. The molecule has 1 aromatic heterocycles. The van der Waals surface area contributed by atoms with E-state index in [-0.39, 0.29) is 16.8 Å². The molecule has 2 aromatic carbocycles. The summed E-state index contributed by atoms with van der Waals surface area (Å²) in [5.41, 5.74) is 3.79.